The Kier molecular flexibility index (Phi) is 4.47. The first-order chi connectivity index (χ1) is 9.16. The van der Waals surface area contributed by atoms with E-state index in [4.69, 9.17) is 0 Å². The maximum absolute atomic E-state index is 11.8. The molecule has 2 rings (SSSR count). The maximum atomic E-state index is 11.8. The van der Waals surface area contributed by atoms with Crippen LogP contribution in [-0.2, 0) is 0 Å². The van der Waals surface area contributed by atoms with Crippen LogP contribution in [0.4, 0.5) is 0 Å². The zero-order chi connectivity index (χ0) is 13.7. The van der Waals surface area contributed by atoms with Crippen molar-refractivity contribution in [3.63, 3.8) is 0 Å². The van der Waals surface area contributed by atoms with E-state index in [2.05, 4.69) is 26.5 Å². The van der Waals surface area contributed by atoms with E-state index in [1.807, 2.05) is 43.3 Å². The third kappa shape index (κ3) is 3.76. The van der Waals surface area contributed by atoms with Crippen molar-refractivity contribution in [3.05, 3.63) is 69.7 Å². The van der Waals surface area contributed by atoms with Gasteiger partial charge in [0, 0.05) is 15.6 Å². The summed E-state index contributed by atoms with van der Waals surface area (Å²) in [6, 6.07) is 15.0. The van der Waals surface area contributed by atoms with Crippen molar-refractivity contribution in [3.8, 4) is 0 Å². The lowest BCUT2D eigenvalue weighted by molar-refractivity contribution is 0.0955. The molecular weight excluding hydrogens is 304 g/mol. The van der Waals surface area contributed by atoms with Crippen LogP contribution in [0.5, 0.6) is 0 Å². The monoisotopic (exact) mass is 316 g/mol. The summed E-state index contributed by atoms with van der Waals surface area (Å²) in [5.41, 5.74) is 5.12. The molecule has 0 spiro atoms. The van der Waals surface area contributed by atoms with E-state index in [1.165, 1.54) is 0 Å². The molecule has 0 atom stereocenters. The average Bonchev–Trinajstić information content (AvgIpc) is 2.41. The van der Waals surface area contributed by atoms with Gasteiger partial charge in [-0.05, 0) is 25.1 Å². The number of amides is 1. The number of rotatable bonds is 3. The number of halogens is 1. The first-order valence-corrected chi connectivity index (χ1v) is 6.61. The van der Waals surface area contributed by atoms with E-state index in [0.717, 1.165) is 15.6 Å². The van der Waals surface area contributed by atoms with Crippen molar-refractivity contribution in [1.29, 1.82) is 0 Å². The minimum Gasteiger partial charge on any atom is -0.267 e. The van der Waals surface area contributed by atoms with Crippen molar-refractivity contribution in [2.75, 3.05) is 0 Å². The lowest BCUT2D eigenvalue weighted by Crippen LogP contribution is -2.17. The lowest BCUT2D eigenvalue weighted by atomic mass is 10.1. The Bertz CT molecular complexity index is 606. The molecule has 0 saturated heterocycles. The van der Waals surface area contributed by atoms with Crippen LogP contribution >= 0.6 is 15.9 Å². The number of hydrazone groups is 1. The summed E-state index contributed by atoms with van der Waals surface area (Å²) < 4.78 is 0.934. The van der Waals surface area contributed by atoms with E-state index < -0.39 is 0 Å². The van der Waals surface area contributed by atoms with E-state index in [9.17, 15) is 4.79 Å². The smallest absolute Gasteiger partial charge is 0.267 e. The number of benzene rings is 2. The maximum Gasteiger partial charge on any atom is 0.271 e. The molecule has 0 heterocycles. The van der Waals surface area contributed by atoms with E-state index in [-0.39, 0.29) is 5.91 Å². The summed E-state index contributed by atoms with van der Waals surface area (Å²) in [6.07, 6.45) is 1.61. The fourth-order valence-electron chi connectivity index (χ4n) is 1.51. The Morgan fingerprint density at radius 3 is 2.53 bits per heavy atom. The summed E-state index contributed by atoms with van der Waals surface area (Å²) in [5.74, 6) is -0.219. The predicted octanol–water partition coefficient (Wildman–Crippen LogP) is 3.52. The number of hydrogen-bond acceptors (Lipinski definition) is 2. The van der Waals surface area contributed by atoms with Crippen molar-refractivity contribution in [1.82, 2.24) is 5.43 Å². The van der Waals surface area contributed by atoms with Gasteiger partial charge in [-0.15, -0.1) is 0 Å². The fraction of sp³-hybridized carbons (Fsp3) is 0.0667. The van der Waals surface area contributed by atoms with Gasteiger partial charge >= 0.3 is 0 Å². The predicted molar refractivity (Wildman–Crippen MR) is 80.4 cm³/mol. The molecule has 1 amide bonds. The number of nitrogens with zero attached hydrogens (tertiary/aromatic N) is 1. The highest BCUT2D eigenvalue weighted by Crippen LogP contribution is 2.13. The highest BCUT2D eigenvalue weighted by Gasteiger charge is 2.02. The van der Waals surface area contributed by atoms with Crippen molar-refractivity contribution < 1.29 is 4.79 Å². The number of hydrogen-bond donors (Lipinski definition) is 1. The first kappa shape index (κ1) is 13.5. The van der Waals surface area contributed by atoms with Crippen LogP contribution < -0.4 is 5.43 Å². The highest BCUT2D eigenvalue weighted by atomic mass is 79.9. The van der Waals surface area contributed by atoms with E-state index in [1.54, 1.807) is 18.3 Å². The standard InChI is InChI=1S/C15H13BrN2O/c1-11-6-8-12(9-7-11)15(19)18-17-10-13-4-2-3-5-14(13)16/h2-10H,1H3,(H,18,19)/b17-10+. The molecule has 0 aliphatic rings. The first-order valence-electron chi connectivity index (χ1n) is 5.81. The number of carbonyl (C=O) groups is 1. The molecule has 0 unspecified atom stereocenters. The average molecular weight is 317 g/mol. The molecule has 4 heteroatoms. The number of aryl methyl sites for hydroxylation is 1. The molecule has 0 bridgehead atoms. The minimum absolute atomic E-state index is 0.219. The van der Waals surface area contributed by atoms with Gasteiger partial charge in [-0.2, -0.15) is 5.10 Å². The fourth-order valence-corrected chi connectivity index (χ4v) is 1.90. The third-order valence-electron chi connectivity index (χ3n) is 2.59. The van der Waals surface area contributed by atoms with E-state index >= 15 is 0 Å². The summed E-state index contributed by atoms with van der Waals surface area (Å²) in [6.45, 7) is 1.98. The Hall–Kier alpha value is -1.94. The van der Waals surface area contributed by atoms with Crippen LogP contribution in [0.2, 0.25) is 0 Å². The molecule has 0 aliphatic carbocycles. The molecule has 3 nitrogen and oxygen atoms in total. The van der Waals surface area contributed by atoms with Gasteiger partial charge in [-0.1, -0.05) is 51.8 Å². The number of carbonyl (C=O) groups excluding carboxylic acids is 1. The normalized spacial score (nSPS) is 10.6. The summed E-state index contributed by atoms with van der Waals surface area (Å²) in [7, 11) is 0. The number of nitrogens with one attached hydrogen (secondary N) is 1. The van der Waals surface area contributed by atoms with Gasteiger partial charge < -0.3 is 0 Å². The minimum atomic E-state index is -0.219. The molecule has 96 valence electrons. The molecule has 19 heavy (non-hydrogen) atoms. The molecule has 2 aromatic rings. The topological polar surface area (TPSA) is 41.5 Å². The largest absolute Gasteiger partial charge is 0.271 e. The highest BCUT2D eigenvalue weighted by molar-refractivity contribution is 9.10. The van der Waals surface area contributed by atoms with Crippen molar-refractivity contribution in [2.24, 2.45) is 5.10 Å². The molecule has 1 N–H and O–H groups in total. The van der Waals surface area contributed by atoms with Crippen LogP contribution in [0.3, 0.4) is 0 Å². The quantitative estimate of drug-likeness (QED) is 0.683. The molecule has 0 fully saturated rings. The van der Waals surface area contributed by atoms with Gasteiger partial charge in [-0.3, -0.25) is 4.79 Å². The van der Waals surface area contributed by atoms with E-state index in [0.29, 0.717) is 5.56 Å². The lowest BCUT2D eigenvalue weighted by Gasteiger charge is -2.00. The Morgan fingerprint density at radius 1 is 1.16 bits per heavy atom. The van der Waals surface area contributed by atoms with Gasteiger partial charge in [0.1, 0.15) is 0 Å². The molecule has 2 aromatic carbocycles. The summed E-state index contributed by atoms with van der Waals surface area (Å²) in [5, 5.41) is 3.95. The second-order valence-electron chi connectivity index (χ2n) is 4.09. The van der Waals surface area contributed by atoms with Gasteiger partial charge in [0.2, 0.25) is 0 Å². The Balaban J connectivity index is 2.01. The molecule has 0 saturated carbocycles. The van der Waals surface area contributed by atoms with Crippen LogP contribution in [0, 0.1) is 6.92 Å². The second kappa shape index (κ2) is 6.29. The van der Waals surface area contributed by atoms with Gasteiger partial charge in [0.25, 0.3) is 5.91 Å². The summed E-state index contributed by atoms with van der Waals surface area (Å²) >= 11 is 3.41. The van der Waals surface area contributed by atoms with Gasteiger partial charge in [0.05, 0.1) is 6.21 Å². The third-order valence-corrected chi connectivity index (χ3v) is 3.31. The van der Waals surface area contributed by atoms with Crippen LogP contribution in [0.1, 0.15) is 21.5 Å². The zero-order valence-corrected chi connectivity index (χ0v) is 12.0. The van der Waals surface area contributed by atoms with Gasteiger partial charge in [0.15, 0.2) is 0 Å². The molecule has 0 aliphatic heterocycles. The zero-order valence-electron chi connectivity index (χ0n) is 10.4. The second-order valence-corrected chi connectivity index (χ2v) is 4.94. The Labute approximate surface area is 120 Å². The van der Waals surface area contributed by atoms with Crippen LogP contribution in [0.25, 0.3) is 0 Å². The Morgan fingerprint density at radius 2 is 1.84 bits per heavy atom. The van der Waals surface area contributed by atoms with Crippen molar-refractivity contribution >= 4 is 28.1 Å². The van der Waals surface area contributed by atoms with Crippen molar-refractivity contribution in [2.45, 2.75) is 6.92 Å². The molecule has 0 aromatic heterocycles. The van der Waals surface area contributed by atoms with Crippen LogP contribution in [0.15, 0.2) is 58.1 Å². The SMILES string of the molecule is Cc1ccc(C(=O)N/N=C/c2ccccc2Br)cc1. The van der Waals surface area contributed by atoms with Gasteiger partial charge in [-0.25, -0.2) is 5.43 Å². The summed E-state index contributed by atoms with van der Waals surface area (Å²) in [4.78, 5) is 11.8. The molecule has 0 radical (unpaired) electrons. The molecular formula is C15H13BrN2O. The van der Waals surface area contributed by atoms with Crippen LogP contribution in [-0.4, -0.2) is 12.1 Å².